The lowest BCUT2D eigenvalue weighted by atomic mass is 10.5. The molecule has 0 radical (unpaired) electrons. The first kappa shape index (κ1) is 5.15. The van der Waals surface area contributed by atoms with Crippen LogP contribution >= 0.6 is 0 Å². The van der Waals surface area contributed by atoms with E-state index in [2.05, 4.69) is 10.5 Å². The maximum atomic E-state index is 4.74. The van der Waals surface area contributed by atoms with Gasteiger partial charge in [-0.05, 0) is 6.92 Å². The van der Waals surface area contributed by atoms with Gasteiger partial charge in [-0.2, -0.15) is 0 Å². The molecule has 3 heteroatoms. The second-order valence-electron chi connectivity index (χ2n) is 1.57. The molecule has 0 saturated carbocycles. The molecule has 8 heavy (non-hydrogen) atoms. The van der Waals surface area contributed by atoms with Gasteiger partial charge in [-0.1, -0.05) is 5.16 Å². The standard InChI is InChI=1S/C5H8N2O/c1-4-3-5(6-2)7-8-4/h3H,1-2H3,(H,6,7). The van der Waals surface area contributed by atoms with Gasteiger partial charge in [0.2, 0.25) is 0 Å². The quantitative estimate of drug-likeness (QED) is 0.589. The van der Waals surface area contributed by atoms with Gasteiger partial charge in [0.25, 0.3) is 0 Å². The third kappa shape index (κ3) is 0.804. The first-order valence-electron chi connectivity index (χ1n) is 2.44. The Bertz CT molecular complexity index is 171. The Morgan fingerprint density at radius 3 is 2.75 bits per heavy atom. The average molecular weight is 112 g/mol. The Morgan fingerprint density at radius 1 is 1.75 bits per heavy atom. The van der Waals surface area contributed by atoms with Gasteiger partial charge >= 0.3 is 0 Å². The Kier molecular flexibility index (Phi) is 1.20. The van der Waals surface area contributed by atoms with E-state index in [-0.39, 0.29) is 0 Å². The number of aryl methyl sites for hydroxylation is 1. The maximum Gasteiger partial charge on any atom is 0.169 e. The van der Waals surface area contributed by atoms with Gasteiger partial charge in [0, 0.05) is 13.1 Å². The maximum absolute atomic E-state index is 4.74. The molecule has 44 valence electrons. The summed E-state index contributed by atoms with van der Waals surface area (Å²) < 4.78 is 4.74. The van der Waals surface area contributed by atoms with Crippen molar-refractivity contribution in [3.63, 3.8) is 0 Å². The fraction of sp³-hybridized carbons (Fsp3) is 0.400. The van der Waals surface area contributed by atoms with Gasteiger partial charge < -0.3 is 9.84 Å². The minimum absolute atomic E-state index is 0.780. The smallest absolute Gasteiger partial charge is 0.169 e. The Hall–Kier alpha value is -0.990. The number of hydrogen-bond acceptors (Lipinski definition) is 3. The van der Waals surface area contributed by atoms with E-state index >= 15 is 0 Å². The summed E-state index contributed by atoms with van der Waals surface area (Å²) in [6, 6.07) is 1.83. The van der Waals surface area contributed by atoms with E-state index < -0.39 is 0 Å². The van der Waals surface area contributed by atoms with Crippen LogP contribution in [0.3, 0.4) is 0 Å². The first-order valence-corrected chi connectivity index (χ1v) is 2.44. The predicted octanol–water partition coefficient (Wildman–Crippen LogP) is 1.02. The molecule has 0 atom stereocenters. The zero-order valence-corrected chi connectivity index (χ0v) is 4.93. The van der Waals surface area contributed by atoms with E-state index in [1.54, 1.807) is 7.05 Å². The highest BCUT2D eigenvalue weighted by molar-refractivity contribution is 5.31. The molecule has 1 aromatic heterocycles. The molecule has 0 saturated heterocycles. The van der Waals surface area contributed by atoms with Crippen molar-refractivity contribution in [2.75, 3.05) is 12.4 Å². The Balaban J connectivity index is 2.84. The number of rotatable bonds is 1. The lowest BCUT2D eigenvalue weighted by molar-refractivity contribution is 0.400. The van der Waals surface area contributed by atoms with Crippen molar-refractivity contribution in [1.82, 2.24) is 5.16 Å². The molecule has 0 aliphatic rings. The highest BCUT2D eigenvalue weighted by Gasteiger charge is 1.92. The number of anilines is 1. The summed E-state index contributed by atoms with van der Waals surface area (Å²) in [5, 5.41) is 6.49. The second-order valence-corrected chi connectivity index (χ2v) is 1.57. The molecule has 0 aliphatic heterocycles. The molecule has 1 N–H and O–H groups in total. The van der Waals surface area contributed by atoms with E-state index in [4.69, 9.17) is 4.52 Å². The van der Waals surface area contributed by atoms with E-state index in [0.717, 1.165) is 11.6 Å². The first-order chi connectivity index (χ1) is 3.83. The largest absolute Gasteiger partial charge is 0.370 e. The molecule has 1 heterocycles. The van der Waals surface area contributed by atoms with E-state index in [1.165, 1.54) is 0 Å². The molecule has 0 aromatic carbocycles. The van der Waals surface area contributed by atoms with E-state index in [0.29, 0.717) is 0 Å². The van der Waals surface area contributed by atoms with E-state index in [1.807, 2.05) is 13.0 Å². The third-order valence-electron chi connectivity index (χ3n) is 0.884. The summed E-state index contributed by atoms with van der Waals surface area (Å²) in [7, 11) is 1.80. The van der Waals surface area contributed by atoms with Crippen molar-refractivity contribution in [1.29, 1.82) is 0 Å². The normalized spacial score (nSPS) is 9.25. The lowest BCUT2D eigenvalue weighted by Crippen LogP contribution is -1.84. The van der Waals surface area contributed by atoms with Crippen LogP contribution in [0.15, 0.2) is 10.6 Å². The topological polar surface area (TPSA) is 38.1 Å². The van der Waals surface area contributed by atoms with Crippen LogP contribution in [0, 0.1) is 6.92 Å². The molecule has 0 bridgehead atoms. The molecule has 0 aliphatic carbocycles. The predicted molar refractivity (Wildman–Crippen MR) is 30.8 cm³/mol. The highest BCUT2D eigenvalue weighted by Crippen LogP contribution is 2.04. The molecule has 0 fully saturated rings. The molecule has 1 aromatic rings. The molecule has 1 rings (SSSR count). The zero-order valence-electron chi connectivity index (χ0n) is 4.93. The van der Waals surface area contributed by atoms with Crippen molar-refractivity contribution >= 4 is 5.82 Å². The van der Waals surface area contributed by atoms with Gasteiger partial charge in [0.05, 0.1) is 0 Å². The molecule has 0 spiro atoms. The Labute approximate surface area is 47.7 Å². The summed E-state index contributed by atoms with van der Waals surface area (Å²) >= 11 is 0. The lowest BCUT2D eigenvalue weighted by Gasteiger charge is -1.82. The molecule has 0 unspecified atom stereocenters. The minimum atomic E-state index is 0.780. The highest BCUT2D eigenvalue weighted by atomic mass is 16.5. The van der Waals surface area contributed by atoms with Crippen molar-refractivity contribution in [2.24, 2.45) is 0 Å². The van der Waals surface area contributed by atoms with Crippen molar-refractivity contribution < 1.29 is 4.52 Å². The number of nitrogens with one attached hydrogen (secondary N) is 1. The fourth-order valence-electron chi connectivity index (χ4n) is 0.484. The number of hydrogen-bond donors (Lipinski definition) is 1. The van der Waals surface area contributed by atoms with Crippen molar-refractivity contribution in [2.45, 2.75) is 6.92 Å². The zero-order chi connectivity index (χ0) is 5.98. The number of nitrogens with zero attached hydrogens (tertiary/aromatic N) is 1. The minimum Gasteiger partial charge on any atom is -0.370 e. The molecular formula is C5H8N2O. The van der Waals surface area contributed by atoms with Gasteiger partial charge in [-0.15, -0.1) is 0 Å². The molecule has 0 amide bonds. The van der Waals surface area contributed by atoms with Gasteiger partial charge in [0.15, 0.2) is 5.82 Å². The van der Waals surface area contributed by atoms with Crippen LogP contribution in [0.4, 0.5) is 5.82 Å². The van der Waals surface area contributed by atoms with Gasteiger partial charge in [-0.3, -0.25) is 0 Å². The summed E-state index contributed by atoms with van der Waals surface area (Å²) in [4.78, 5) is 0. The van der Waals surface area contributed by atoms with Crippen LogP contribution in [0.2, 0.25) is 0 Å². The summed E-state index contributed by atoms with van der Waals surface area (Å²) in [5.74, 6) is 1.61. The van der Waals surface area contributed by atoms with E-state index in [9.17, 15) is 0 Å². The third-order valence-corrected chi connectivity index (χ3v) is 0.884. The summed E-state index contributed by atoms with van der Waals surface area (Å²) in [6.07, 6.45) is 0. The Morgan fingerprint density at radius 2 is 2.50 bits per heavy atom. The monoisotopic (exact) mass is 112 g/mol. The molecular weight excluding hydrogens is 104 g/mol. The SMILES string of the molecule is CNc1cc(C)on1. The van der Waals surface area contributed by atoms with Crippen LogP contribution in [0.5, 0.6) is 0 Å². The average Bonchev–Trinajstić information content (AvgIpc) is 2.14. The number of aromatic nitrogens is 1. The summed E-state index contributed by atoms with van der Waals surface area (Å²) in [5.41, 5.74) is 0. The van der Waals surface area contributed by atoms with Crippen LogP contribution in [0.25, 0.3) is 0 Å². The van der Waals surface area contributed by atoms with Gasteiger partial charge in [-0.25, -0.2) is 0 Å². The fourth-order valence-corrected chi connectivity index (χ4v) is 0.484. The van der Waals surface area contributed by atoms with Crippen LogP contribution in [0.1, 0.15) is 5.76 Å². The summed E-state index contributed by atoms with van der Waals surface area (Å²) in [6.45, 7) is 1.86. The van der Waals surface area contributed by atoms with Crippen LogP contribution in [-0.2, 0) is 0 Å². The van der Waals surface area contributed by atoms with Crippen molar-refractivity contribution in [3.8, 4) is 0 Å². The van der Waals surface area contributed by atoms with Gasteiger partial charge in [0.1, 0.15) is 5.76 Å². The second kappa shape index (κ2) is 1.86. The van der Waals surface area contributed by atoms with Crippen LogP contribution < -0.4 is 5.32 Å². The van der Waals surface area contributed by atoms with Crippen LogP contribution in [-0.4, -0.2) is 12.2 Å². The molecule has 3 nitrogen and oxygen atoms in total. The van der Waals surface area contributed by atoms with Crippen molar-refractivity contribution in [3.05, 3.63) is 11.8 Å².